The molecule has 0 fully saturated rings. The molecule has 100 valence electrons. The molecule has 1 nitrogen and oxygen atoms in total. The van der Waals surface area contributed by atoms with Gasteiger partial charge in [-0.15, -0.1) is 0 Å². The van der Waals surface area contributed by atoms with Crippen molar-refractivity contribution < 1.29 is 18.0 Å². The van der Waals surface area contributed by atoms with Gasteiger partial charge in [-0.1, -0.05) is 26.0 Å². The first kappa shape index (κ1) is 15.4. The first-order valence-corrected chi connectivity index (χ1v) is 6.45. The highest BCUT2D eigenvalue weighted by Crippen LogP contribution is 2.37. The highest BCUT2D eigenvalue weighted by Gasteiger charge is 2.29. The Bertz CT molecular complexity index is 414. The second-order valence-electron chi connectivity index (χ2n) is 4.14. The zero-order valence-corrected chi connectivity index (χ0v) is 11.4. The summed E-state index contributed by atoms with van der Waals surface area (Å²) in [7, 11) is 0. The van der Waals surface area contributed by atoms with Crippen LogP contribution >= 0.6 is 23.4 Å². The van der Waals surface area contributed by atoms with Gasteiger partial charge in [-0.3, -0.25) is 4.79 Å². The molecule has 0 aliphatic rings. The lowest BCUT2D eigenvalue weighted by molar-refractivity contribution is -0.113. The fourth-order valence-electron chi connectivity index (χ4n) is 1.65. The van der Waals surface area contributed by atoms with Crippen LogP contribution < -0.4 is 0 Å². The number of carbonyl (C=O) groups is 1. The summed E-state index contributed by atoms with van der Waals surface area (Å²) in [4.78, 5) is 11.4. The Morgan fingerprint density at radius 3 is 2.06 bits per heavy atom. The number of hydrogen-bond donors (Lipinski definition) is 0. The summed E-state index contributed by atoms with van der Waals surface area (Å²) in [5.74, 6) is -0.493. The molecule has 1 unspecified atom stereocenters. The van der Waals surface area contributed by atoms with Crippen LogP contribution in [0.15, 0.2) is 29.2 Å². The standard InChI is InChI=1S/C12H12ClF3OS/c1-7(2)10(11(13)17)8-3-5-9(6-4-8)18-12(14,15)16/h3-7,10H,1-2H3. The number of benzene rings is 1. The van der Waals surface area contributed by atoms with Crippen molar-refractivity contribution in [3.8, 4) is 0 Å². The van der Waals surface area contributed by atoms with Gasteiger partial charge in [0.1, 0.15) is 0 Å². The van der Waals surface area contributed by atoms with E-state index in [-0.39, 0.29) is 22.6 Å². The maximum Gasteiger partial charge on any atom is 0.446 e. The summed E-state index contributed by atoms with van der Waals surface area (Å²) in [5.41, 5.74) is -3.67. The number of thioether (sulfide) groups is 1. The molecule has 0 saturated heterocycles. The van der Waals surface area contributed by atoms with Crippen LogP contribution in [-0.2, 0) is 4.79 Å². The molecule has 0 spiro atoms. The molecule has 0 aromatic heterocycles. The van der Waals surface area contributed by atoms with E-state index < -0.39 is 16.7 Å². The van der Waals surface area contributed by atoms with Crippen molar-refractivity contribution in [3.63, 3.8) is 0 Å². The van der Waals surface area contributed by atoms with Gasteiger partial charge in [0.2, 0.25) is 5.24 Å². The summed E-state index contributed by atoms with van der Waals surface area (Å²) < 4.78 is 36.4. The van der Waals surface area contributed by atoms with E-state index in [0.717, 1.165) is 0 Å². The first-order valence-electron chi connectivity index (χ1n) is 5.26. The summed E-state index contributed by atoms with van der Waals surface area (Å²) in [6, 6.07) is 5.73. The minimum atomic E-state index is -4.30. The van der Waals surface area contributed by atoms with Crippen LogP contribution in [0.3, 0.4) is 0 Å². The van der Waals surface area contributed by atoms with E-state index in [4.69, 9.17) is 11.6 Å². The summed E-state index contributed by atoms with van der Waals surface area (Å²) in [6.07, 6.45) is 0. The second-order valence-corrected chi connectivity index (χ2v) is 5.65. The molecule has 0 aliphatic carbocycles. The molecule has 0 amide bonds. The highest BCUT2D eigenvalue weighted by atomic mass is 35.5. The third-order valence-electron chi connectivity index (χ3n) is 2.38. The first-order chi connectivity index (χ1) is 8.20. The lowest BCUT2D eigenvalue weighted by Crippen LogP contribution is -2.13. The number of hydrogen-bond acceptors (Lipinski definition) is 2. The van der Waals surface area contributed by atoms with E-state index in [1.807, 2.05) is 13.8 Å². The van der Waals surface area contributed by atoms with E-state index in [1.165, 1.54) is 24.3 Å². The Kier molecular flexibility index (Phi) is 5.10. The van der Waals surface area contributed by atoms with Crippen LogP contribution in [0.25, 0.3) is 0 Å². The van der Waals surface area contributed by atoms with Gasteiger partial charge in [0.05, 0.1) is 5.92 Å². The fraction of sp³-hybridized carbons (Fsp3) is 0.417. The van der Waals surface area contributed by atoms with Crippen molar-refractivity contribution >= 4 is 28.6 Å². The molecule has 0 heterocycles. The minimum absolute atomic E-state index is 0.00359. The van der Waals surface area contributed by atoms with Crippen LogP contribution in [0.5, 0.6) is 0 Å². The second kappa shape index (κ2) is 5.97. The predicted molar refractivity (Wildman–Crippen MR) is 66.8 cm³/mol. The normalized spacial score (nSPS) is 13.7. The SMILES string of the molecule is CC(C)C(C(=O)Cl)c1ccc(SC(F)(F)F)cc1. The van der Waals surface area contributed by atoms with Gasteiger partial charge in [-0.05, 0) is 47.0 Å². The zero-order valence-electron chi connectivity index (χ0n) is 9.79. The smallest absolute Gasteiger partial charge is 0.281 e. The molecule has 0 aliphatic heterocycles. The van der Waals surface area contributed by atoms with Gasteiger partial charge in [0, 0.05) is 4.90 Å². The van der Waals surface area contributed by atoms with Crippen molar-refractivity contribution in [1.29, 1.82) is 0 Å². The molecule has 0 saturated carbocycles. The predicted octanol–water partition coefficient (Wildman–Crippen LogP) is 4.80. The maximum atomic E-state index is 12.1. The fourth-order valence-corrected chi connectivity index (χ4v) is 2.57. The topological polar surface area (TPSA) is 17.1 Å². The highest BCUT2D eigenvalue weighted by molar-refractivity contribution is 8.00. The van der Waals surface area contributed by atoms with Crippen molar-refractivity contribution in [2.75, 3.05) is 0 Å². The summed E-state index contributed by atoms with van der Waals surface area (Å²) in [5, 5.41) is -0.499. The molecule has 6 heteroatoms. The monoisotopic (exact) mass is 296 g/mol. The largest absolute Gasteiger partial charge is 0.446 e. The van der Waals surface area contributed by atoms with Gasteiger partial charge in [0.15, 0.2) is 0 Å². The molecule has 0 N–H and O–H groups in total. The third kappa shape index (κ3) is 4.53. The summed E-state index contributed by atoms with van der Waals surface area (Å²) in [6.45, 7) is 3.67. The van der Waals surface area contributed by atoms with Crippen molar-refractivity contribution in [2.45, 2.75) is 30.2 Å². The van der Waals surface area contributed by atoms with Crippen LogP contribution in [-0.4, -0.2) is 10.8 Å². The molecule has 0 radical (unpaired) electrons. The number of alkyl halides is 3. The third-order valence-corrected chi connectivity index (χ3v) is 3.36. The van der Waals surface area contributed by atoms with Gasteiger partial charge >= 0.3 is 5.51 Å². The Hall–Kier alpha value is -0.680. The molecular weight excluding hydrogens is 285 g/mol. The summed E-state index contributed by atoms with van der Waals surface area (Å²) >= 11 is 5.32. The van der Waals surface area contributed by atoms with Crippen LogP contribution in [0.4, 0.5) is 13.2 Å². The average molecular weight is 297 g/mol. The van der Waals surface area contributed by atoms with E-state index in [0.29, 0.717) is 5.56 Å². The lowest BCUT2D eigenvalue weighted by Gasteiger charge is -2.17. The Balaban J connectivity index is 2.91. The molecular formula is C12H12ClF3OS. The van der Waals surface area contributed by atoms with Gasteiger partial charge < -0.3 is 0 Å². The lowest BCUT2D eigenvalue weighted by atomic mass is 9.90. The number of rotatable bonds is 4. The Morgan fingerprint density at radius 2 is 1.72 bits per heavy atom. The molecule has 1 rings (SSSR count). The average Bonchev–Trinajstić information content (AvgIpc) is 2.17. The van der Waals surface area contributed by atoms with E-state index in [9.17, 15) is 18.0 Å². The van der Waals surface area contributed by atoms with Crippen molar-refractivity contribution in [3.05, 3.63) is 29.8 Å². The van der Waals surface area contributed by atoms with Crippen LogP contribution in [0.2, 0.25) is 0 Å². The maximum absolute atomic E-state index is 12.1. The van der Waals surface area contributed by atoms with Crippen molar-refractivity contribution in [1.82, 2.24) is 0 Å². The zero-order chi connectivity index (χ0) is 13.9. The number of carbonyl (C=O) groups excluding carboxylic acids is 1. The minimum Gasteiger partial charge on any atom is -0.281 e. The van der Waals surface area contributed by atoms with Crippen molar-refractivity contribution in [2.24, 2.45) is 5.92 Å². The molecule has 18 heavy (non-hydrogen) atoms. The molecule has 1 aromatic carbocycles. The molecule has 0 bridgehead atoms. The van der Waals surface area contributed by atoms with Crippen LogP contribution in [0, 0.1) is 5.92 Å². The molecule has 1 atom stereocenters. The van der Waals surface area contributed by atoms with Gasteiger partial charge in [-0.2, -0.15) is 13.2 Å². The quantitative estimate of drug-likeness (QED) is 0.586. The van der Waals surface area contributed by atoms with E-state index >= 15 is 0 Å². The van der Waals surface area contributed by atoms with Gasteiger partial charge in [0.25, 0.3) is 0 Å². The molecule has 1 aromatic rings. The van der Waals surface area contributed by atoms with E-state index in [2.05, 4.69) is 0 Å². The Labute approximate surface area is 113 Å². The number of halogens is 4. The van der Waals surface area contributed by atoms with Gasteiger partial charge in [-0.25, -0.2) is 0 Å². The Morgan fingerprint density at radius 1 is 1.22 bits per heavy atom. The van der Waals surface area contributed by atoms with E-state index in [1.54, 1.807) is 0 Å². The van der Waals surface area contributed by atoms with Crippen LogP contribution in [0.1, 0.15) is 25.3 Å².